The highest BCUT2D eigenvalue weighted by atomic mass is 14.1. The van der Waals surface area contributed by atoms with E-state index in [1.54, 1.807) is 0 Å². The Hall–Kier alpha value is -1.82. The summed E-state index contributed by atoms with van der Waals surface area (Å²) in [5.74, 6) is 0. The molecule has 3 rings (SSSR count). The Morgan fingerprint density at radius 3 is 2.00 bits per heavy atom. The van der Waals surface area contributed by atoms with Gasteiger partial charge in [0.25, 0.3) is 0 Å². The van der Waals surface area contributed by atoms with Crippen LogP contribution in [0.15, 0.2) is 36.4 Å². The molecule has 0 spiro atoms. The van der Waals surface area contributed by atoms with Crippen LogP contribution < -0.4 is 5.22 Å². The third-order valence-electron chi connectivity index (χ3n) is 3.43. The summed E-state index contributed by atoms with van der Waals surface area (Å²) in [5.41, 5.74) is 2.65. The molecule has 0 radical (unpaired) electrons. The third kappa shape index (κ3) is 2.35. The smallest absolute Gasteiger partial charge is 0.00277 e. The second-order valence-electron chi connectivity index (χ2n) is 5.22. The Labute approximate surface area is 115 Å². The fourth-order valence-electron chi connectivity index (χ4n) is 2.55. The number of rotatable bonds is 0. The van der Waals surface area contributed by atoms with E-state index in [-0.39, 0.29) is 0 Å². The van der Waals surface area contributed by atoms with Crippen LogP contribution in [0.2, 0.25) is 0 Å². The molecule has 19 heavy (non-hydrogen) atoms. The van der Waals surface area contributed by atoms with Crippen molar-refractivity contribution in [3.8, 4) is 0 Å². The molecule has 0 nitrogen and oxygen atoms in total. The van der Waals surface area contributed by atoms with Crippen molar-refractivity contribution in [1.82, 2.24) is 0 Å². The standard InChI is InChI=1S/C16H14.C3H8/c1-10-4-7-13-8-5-11(2)15-12(3)6-9-14(10)16(13)15;1-3-2/h4-9H,3H2,1-2H3;3H2,1-2H3. The van der Waals surface area contributed by atoms with E-state index >= 15 is 0 Å². The maximum atomic E-state index is 4.14. The van der Waals surface area contributed by atoms with Crippen LogP contribution in [0.3, 0.4) is 0 Å². The van der Waals surface area contributed by atoms with Crippen molar-refractivity contribution in [1.29, 1.82) is 0 Å². The lowest BCUT2D eigenvalue weighted by atomic mass is 9.94. The molecule has 0 amide bonds. The number of benzene rings is 3. The number of hydrogen-bond donors (Lipinski definition) is 0. The van der Waals surface area contributed by atoms with Gasteiger partial charge in [0.15, 0.2) is 0 Å². The van der Waals surface area contributed by atoms with Gasteiger partial charge in [-0.25, -0.2) is 0 Å². The molecule has 0 heteroatoms. The maximum Gasteiger partial charge on any atom is -0.00277 e. The van der Waals surface area contributed by atoms with Crippen molar-refractivity contribution in [2.24, 2.45) is 0 Å². The Morgan fingerprint density at radius 1 is 0.789 bits per heavy atom. The van der Waals surface area contributed by atoms with Crippen LogP contribution in [0.1, 0.15) is 31.4 Å². The van der Waals surface area contributed by atoms with Gasteiger partial charge in [-0.05, 0) is 51.7 Å². The largest absolute Gasteiger partial charge is 0.0911 e. The summed E-state index contributed by atoms with van der Waals surface area (Å²) >= 11 is 0. The minimum Gasteiger partial charge on any atom is -0.0911 e. The number of hydrogen-bond acceptors (Lipinski definition) is 0. The van der Waals surface area contributed by atoms with Crippen molar-refractivity contribution >= 4 is 28.1 Å². The zero-order valence-electron chi connectivity index (χ0n) is 12.4. The quantitative estimate of drug-likeness (QED) is 0.517. The van der Waals surface area contributed by atoms with Crippen LogP contribution in [0.5, 0.6) is 0 Å². The van der Waals surface area contributed by atoms with Gasteiger partial charge in [0, 0.05) is 0 Å². The molecule has 98 valence electrons. The molecule has 0 N–H and O–H groups in total. The molecule has 0 aromatic heterocycles. The topological polar surface area (TPSA) is 0 Å². The van der Waals surface area contributed by atoms with Crippen molar-refractivity contribution in [2.45, 2.75) is 34.1 Å². The molecule has 0 saturated heterocycles. The van der Waals surface area contributed by atoms with Crippen LogP contribution in [0, 0.1) is 13.8 Å². The minimum absolute atomic E-state index is 1.13. The first kappa shape index (κ1) is 13.6. The summed E-state index contributed by atoms with van der Waals surface area (Å²) in [6.07, 6.45) is 1.25. The minimum atomic E-state index is 1.13. The average molecular weight is 250 g/mol. The molecule has 0 atom stereocenters. The fraction of sp³-hybridized carbons (Fsp3) is 0.263. The fourth-order valence-corrected chi connectivity index (χ4v) is 2.55. The normalized spacial score (nSPS) is 10.5. The van der Waals surface area contributed by atoms with E-state index in [0.717, 1.165) is 5.22 Å². The Kier molecular flexibility index (Phi) is 3.90. The third-order valence-corrected chi connectivity index (χ3v) is 3.43. The van der Waals surface area contributed by atoms with Crippen LogP contribution >= 0.6 is 0 Å². The monoisotopic (exact) mass is 250 g/mol. The molecular formula is C19H22. The lowest BCUT2D eigenvalue weighted by Crippen LogP contribution is -2.01. The van der Waals surface area contributed by atoms with Gasteiger partial charge in [-0.1, -0.05) is 63.2 Å². The van der Waals surface area contributed by atoms with E-state index in [4.69, 9.17) is 0 Å². The van der Waals surface area contributed by atoms with Crippen LogP contribution in [-0.2, 0) is 0 Å². The first-order valence-corrected chi connectivity index (χ1v) is 7.00. The molecule has 3 aromatic rings. The lowest BCUT2D eigenvalue weighted by Gasteiger charge is -2.10. The predicted octanol–water partition coefficient (Wildman–Crippen LogP) is 5.16. The van der Waals surface area contributed by atoms with E-state index in [1.807, 2.05) is 0 Å². The molecule has 0 bridgehead atoms. The van der Waals surface area contributed by atoms with E-state index < -0.39 is 0 Å². The maximum absolute atomic E-state index is 4.14. The molecule has 0 aliphatic heterocycles. The molecule has 0 aliphatic rings. The summed E-state index contributed by atoms with van der Waals surface area (Å²) in [6, 6.07) is 13.1. The average Bonchev–Trinajstić information content (AvgIpc) is 2.38. The predicted molar refractivity (Wildman–Crippen MR) is 87.6 cm³/mol. The van der Waals surface area contributed by atoms with Gasteiger partial charge in [-0.15, -0.1) is 0 Å². The molecular weight excluding hydrogens is 228 g/mol. The summed E-state index contributed by atoms with van der Waals surface area (Å²) in [7, 11) is 0. The van der Waals surface area contributed by atoms with Gasteiger partial charge in [0.2, 0.25) is 0 Å². The van der Waals surface area contributed by atoms with Gasteiger partial charge in [0.1, 0.15) is 0 Å². The van der Waals surface area contributed by atoms with Crippen LogP contribution in [0.25, 0.3) is 28.1 Å². The highest BCUT2D eigenvalue weighted by Gasteiger charge is 2.06. The zero-order valence-corrected chi connectivity index (χ0v) is 12.4. The van der Waals surface area contributed by atoms with Gasteiger partial charge in [0.05, 0.1) is 0 Å². The van der Waals surface area contributed by atoms with Crippen molar-refractivity contribution in [2.75, 3.05) is 0 Å². The van der Waals surface area contributed by atoms with Gasteiger partial charge < -0.3 is 0 Å². The zero-order chi connectivity index (χ0) is 14.0. The van der Waals surface area contributed by atoms with Gasteiger partial charge >= 0.3 is 0 Å². The molecule has 0 fully saturated rings. The molecule has 0 unspecified atom stereocenters. The van der Waals surface area contributed by atoms with Crippen molar-refractivity contribution < 1.29 is 0 Å². The first-order valence-electron chi connectivity index (χ1n) is 7.00. The van der Waals surface area contributed by atoms with Crippen molar-refractivity contribution in [3.05, 3.63) is 52.7 Å². The second-order valence-corrected chi connectivity index (χ2v) is 5.22. The Balaban J connectivity index is 0.000000408. The first-order chi connectivity index (χ1) is 9.10. The second kappa shape index (κ2) is 5.44. The molecule has 0 aliphatic carbocycles. The number of aryl methyl sites for hydroxylation is 2. The van der Waals surface area contributed by atoms with E-state index in [1.165, 1.54) is 39.1 Å². The SMILES string of the molecule is C=c1ccc2c(C)ccc3ccc(C)c1c32.CCC. The van der Waals surface area contributed by atoms with E-state index in [2.05, 4.69) is 70.7 Å². The van der Waals surface area contributed by atoms with E-state index in [0.29, 0.717) is 0 Å². The highest BCUT2D eigenvalue weighted by Crippen LogP contribution is 2.28. The molecule has 0 heterocycles. The summed E-state index contributed by atoms with van der Waals surface area (Å²) < 4.78 is 0. The lowest BCUT2D eigenvalue weighted by molar-refractivity contribution is 1.09. The van der Waals surface area contributed by atoms with Crippen LogP contribution in [-0.4, -0.2) is 0 Å². The van der Waals surface area contributed by atoms with Crippen molar-refractivity contribution in [3.63, 3.8) is 0 Å². The van der Waals surface area contributed by atoms with Gasteiger partial charge in [-0.2, -0.15) is 0 Å². The van der Waals surface area contributed by atoms with Gasteiger partial charge in [-0.3, -0.25) is 0 Å². The Morgan fingerprint density at radius 2 is 1.37 bits per heavy atom. The summed E-state index contributed by atoms with van der Waals surface area (Å²) in [4.78, 5) is 0. The Bertz CT molecular complexity index is 745. The van der Waals surface area contributed by atoms with E-state index in [9.17, 15) is 0 Å². The highest BCUT2D eigenvalue weighted by molar-refractivity contribution is 6.12. The summed E-state index contributed by atoms with van der Waals surface area (Å²) in [5, 5.41) is 6.47. The summed E-state index contributed by atoms with van der Waals surface area (Å²) in [6.45, 7) is 12.7. The molecule has 0 saturated carbocycles. The van der Waals surface area contributed by atoms with Crippen LogP contribution in [0.4, 0.5) is 0 Å². The molecule has 3 aromatic carbocycles.